The summed E-state index contributed by atoms with van der Waals surface area (Å²) in [7, 11) is 1.52. The van der Waals surface area contributed by atoms with Crippen molar-refractivity contribution in [2.75, 3.05) is 13.7 Å². The molecule has 0 aromatic heterocycles. The minimum absolute atomic E-state index is 0.00363. The average Bonchev–Trinajstić information content (AvgIpc) is 3.08. The van der Waals surface area contributed by atoms with Gasteiger partial charge in [0.1, 0.15) is 6.10 Å². The Labute approximate surface area is 196 Å². The van der Waals surface area contributed by atoms with Gasteiger partial charge in [0.25, 0.3) is 0 Å². The number of methoxy groups -OCH3 is 1. The maximum atomic E-state index is 12.9. The highest BCUT2D eigenvalue weighted by molar-refractivity contribution is 5.75. The molecule has 1 saturated heterocycles. The normalized spacial score (nSPS) is 40.7. The number of nitro groups is 1. The Kier molecular flexibility index (Phi) is 8.02. The van der Waals surface area contributed by atoms with Crippen molar-refractivity contribution in [3.63, 3.8) is 0 Å². The fourth-order valence-electron chi connectivity index (χ4n) is 5.96. The largest absolute Gasteiger partial charge is 0.460 e. The van der Waals surface area contributed by atoms with E-state index < -0.39 is 29.8 Å². The number of esters is 1. The Morgan fingerprint density at radius 2 is 2.06 bits per heavy atom. The molecule has 2 bridgehead atoms. The summed E-state index contributed by atoms with van der Waals surface area (Å²) in [6.07, 6.45) is 6.05. The Hall–Kier alpha value is -1.77. The highest BCUT2D eigenvalue weighted by Crippen LogP contribution is 2.53. The molecule has 1 N–H and O–H groups in total. The van der Waals surface area contributed by atoms with Gasteiger partial charge in [-0.15, -0.1) is 0 Å². The Bertz CT molecular complexity index is 794. The van der Waals surface area contributed by atoms with E-state index in [4.69, 9.17) is 14.2 Å². The number of hydrogen-bond donors (Lipinski definition) is 1. The van der Waals surface area contributed by atoms with E-state index in [1.807, 2.05) is 20.8 Å². The van der Waals surface area contributed by atoms with Crippen molar-refractivity contribution in [3.05, 3.63) is 33.9 Å². The Morgan fingerprint density at radius 3 is 2.64 bits per heavy atom. The third kappa shape index (κ3) is 5.03. The molecule has 2 heterocycles. The van der Waals surface area contributed by atoms with Crippen LogP contribution >= 0.6 is 0 Å². The number of nitrogens with zero attached hydrogens (tertiary/aromatic N) is 1. The number of cyclic esters (lactones) is 1. The van der Waals surface area contributed by atoms with Crippen LogP contribution in [0, 0.1) is 39.7 Å². The van der Waals surface area contributed by atoms with Crippen LogP contribution in [0.15, 0.2) is 23.8 Å². The molecule has 8 heteroatoms. The summed E-state index contributed by atoms with van der Waals surface area (Å²) in [6, 6.07) is 0. The highest BCUT2D eigenvalue weighted by Gasteiger charge is 2.57. The lowest BCUT2D eigenvalue weighted by molar-refractivity contribution is -0.493. The van der Waals surface area contributed by atoms with Crippen molar-refractivity contribution in [2.45, 2.75) is 83.9 Å². The maximum absolute atomic E-state index is 12.9. The Morgan fingerprint density at radius 1 is 1.36 bits per heavy atom. The van der Waals surface area contributed by atoms with Gasteiger partial charge < -0.3 is 19.3 Å². The molecule has 3 aliphatic rings. The van der Waals surface area contributed by atoms with Crippen LogP contribution in [0.2, 0.25) is 0 Å². The van der Waals surface area contributed by atoms with Gasteiger partial charge in [-0.2, -0.15) is 0 Å². The van der Waals surface area contributed by atoms with E-state index in [2.05, 4.69) is 25.2 Å². The molecular weight excluding hydrogens is 426 g/mol. The molecule has 3 rings (SSSR count). The quantitative estimate of drug-likeness (QED) is 0.265. The number of hydrogen-bond acceptors (Lipinski definition) is 7. The van der Waals surface area contributed by atoms with E-state index >= 15 is 0 Å². The second-order valence-corrected chi connectivity index (χ2v) is 10.2. The second-order valence-electron chi connectivity index (χ2n) is 10.2. The number of carbonyl (C=O) groups is 1. The first kappa shape index (κ1) is 25.8. The molecule has 0 aromatic rings. The zero-order valence-corrected chi connectivity index (χ0v) is 20.6. The van der Waals surface area contributed by atoms with Crippen molar-refractivity contribution in [2.24, 2.45) is 29.6 Å². The van der Waals surface area contributed by atoms with Gasteiger partial charge in [0.15, 0.2) is 6.10 Å². The minimum atomic E-state index is -0.714. The topological polar surface area (TPSA) is 108 Å². The molecule has 10 atom stereocenters. The van der Waals surface area contributed by atoms with Crippen LogP contribution in [0.5, 0.6) is 0 Å². The van der Waals surface area contributed by atoms with Crippen LogP contribution < -0.4 is 0 Å². The number of carbonyl (C=O) groups excluding carboxylic acids is 1. The molecule has 0 amide bonds. The molecule has 2 aliphatic heterocycles. The number of aliphatic hydroxyl groups excluding tert-OH is 1. The third-order valence-corrected chi connectivity index (χ3v) is 8.17. The predicted molar refractivity (Wildman–Crippen MR) is 123 cm³/mol. The first-order chi connectivity index (χ1) is 15.5. The van der Waals surface area contributed by atoms with Crippen molar-refractivity contribution in [3.8, 4) is 0 Å². The fourth-order valence-corrected chi connectivity index (χ4v) is 5.96. The zero-order chi connectivity index (χ0) is 24.5. The molecule has 0 saturated carbocycles. The monoisotopic (exact) mass is 465 g/mol. The minimum Gasteiger partial charge on any atom is -0.460 e. The summed E-state index contributed by atoms with van der Waals surface area (Å²) in [4.78, 5) is 24.1. The number of ether oxygens (including phenoxy) is 3. The van der Waals surface area contributed by atoms with Crippen LogP contribution in [-0.2, 0) is 19.0 Å². The van der Waals surface area contributed by atoms with Gasteiger partial charge in [-0.1, -0.05) is 39.0 Å². The molecule has 0 aromatic carbocycles. The number of fused-ring (bicyclic) bond motifs is 1. The molecule has 1 fully saturated rings. The molecule has 186 valence electrons. The van der Waals surface area contributed by atoms with E-state index in [0.29, 0.717) is 19.3 Å². The number of rotatable bonds is 7. The lowest BCUT2D eigenvalue weighted by Gasteiger charge is -2.41. The molecule has 1 spiro atoms. The van der Waals surface area contributed by atoms with Gasteiger partial charge in [-0.05, 0) is 44.6 Å². The van der Waals surface area contributed by atoms with E-state index in [9.17, 15) is 20.0 Å². The lowest BCUT2D eigenvalue weighted by atomic mass is 9.69. The van der Waals surface area contributed by atoms with Crippen molar-refractivity contribution >= 4 is 5.97 Å². The molecule has 1 aliphatic carbocycles. The fraction of sp³-hybridized carbons (Fsp3) is 0.800. The molecule has 1 unspecified atom stereocenters. The van der Waals surface area contributed by atoms with Gasteiger partial charge in [-0.3, -0.25) is 10.1 Å². The lowest BCUT2D eigenvalue weighted by Crippen LogP contribution is -2.45. The summed E-state index contributed by atoms with van der Waals surface area (Å²) in [6.45, 7) is 9.35. The van der Waals surface area contributed by atoms with Crippen molar-refractivity contribution in [1.29, 1.82) is 0 Å². The van der Waals surface area contributed by atoms with E-state index in [0.717, 1.165) is 5.57 Å². The van der Waals surface area contributed by atoms with Crippen LogP contribution in [0.1, 0.15) is 53.9 Å². The second kappa shape index (κ2) is 10.2. The van der Waals surface area contributed by atoms with Gasteiger partial charge in [0, 0.05) is 29.8 Å². The van der Waals surface area contributed by atoms with E-state index in [-0.39, 0.29) is 47.2 Å². The SMILES string of the molecule is CC[C@H]1OC(=O)[C@@H](OC)C[C@H]2C=C[C@@H]3C[C@]2(O[C@H]3[C@H](C[N+](=O)[O-])C(C)[C@H](C)O)/C(C)=C/[C@H]1C. The third-order valence-electron chi connectivity index (χ3n) is 8.17. The summed E-state index contributed by atoms with van der Waals surface area (Å²) in [5, 5.41) is 21.8. The smallest absolute Gasteiger partial charge is 0.335 e. The molecule has 8 nitrogen and oxygen atoms in total. The number of aliphatic hydroxyl groups is 1. The molecule has 33 heavy (non-hydrogen) atoms. The summed E-state index contributed by atoms with van der Waals surface area (Å²) in [5.74, 6) is -1.22. The molecular formula is C25H39NO7. The van der Waals surface area contributed by atoms with Gasteiger partial charge >= 0.3 is 5.97 Å². The van der Waals surface area contributed by atoms with Gasteiger partial charge in [-0.25, -0.2) is 4.79 Å². The zero-order valence-electron chi connectivity index (χ0n) is 20.6. The van der Waals surface area contributed by atoms with Gasteiger partial charge in [0.05, 0.1) is 23.7 Å². The van der Waals surface area contributed by atoms with Gasteiger partial charge in [0.2, 0.25) is 6.54 Å². The Balaban J connectivity index is 2.04. The predicted octanol–water partition coefficient (Wildman–Crippen LogP) is 3.55. The maximum Gasteiger partial charge on any atom is 0.335 e. The van der Waals surface area contributed by atoms with Crippen LogP contribution in [-0.4, -0.2) is 59.7 Å². The van der Waals surface area contributed by atoms with Crippen LogP contribution in [0.4, 0.5) is 0 Å². The standard InChI is InChI=1S/C25H39NO7/c1-7-21-14(2)10-15(3)25-12-18(8-9-19(25)11-22(31-6)24(28)32-21)23(33-25)20(13-26(29)30)16(4)17(5)27/h8-10,14,16-23,27H,7,11-13H2,1-6H3/b15-10+/t14-,16?,17+,18-,19-,20-,21-,22+,23-,25+/m1/s1. The summed E-state index contributed by atoms with van der Waals surface area (Å²) < 4.78 is 18.2. The van der Waals surface area contributed by atoms with Crippen molar-refractivity contribution < 1.29 is 29.0 Å². The van der Waals surface area contributed by atoms with E-state index in [1.165, 1.54) is 7.11 Å². The van der Waals surface area contributed by atoms with Crippen LogP contribution in [0.25, 0.3) is 0 Å². The van der Waals surface area contributed by atoms with Crippen LogP contribution in [0.3, 0.4) is 0 Å². The first-order valence-corrected chi connectivity index (χ1v) is 12.1. The summed E-state index contributed by atoms with van der Waals surface area (Å²) in [5.41, 5.74) is 0.394. The first-order valence-electron chi connectivity index (χ1n) is 12.1. The average molecular weight is 466 g/mol. The van der Waals surface area contributed by atoms with Crippen molar-refractivity contribution in [1.82, 2.24) is 0 Å². The summed E-state index contributed by atoms with van der Waals surface area (Å²) >= 11 is 0. The highest BCUT2D eigenvalue weighted by atomic mass is 16.6. The molecule has 0 radical (unpaired) electrons. The van der Waals surface area contributed by atoms with E-state index in [1.54, 1.807) is 6.92 Å².